The molecular weight excluding hydrogens is 568 g/mol. The molecule has 2 fully saturated rings. The molecule has 1 aromatic heterocycles. The molecule has 0 N–H and O–H groups in total. The van der Waals surface area contributed by atoms with E-state index in [0.717, 1.165) is 29.7 Å². The lowest BCUT2D eigenvalue weighted by Gasteiger charge is -2.24. The maximum absolute atomic E-state index is 13.3. The van der Waals surface area contributed by atoms with E-state index in [9.17, 15) is 18.4 Å². The predicted molar refractivity (Wildman–Crippen MR) is 157 cm³/mol. The highest BCUT2D eigenvalue weighted by atomic mass is 35.5. The molecule has 8 nitrogen and oxygen atoms in total. The average molecular weight is 602 g/mol. The number of anilines is 2. The Bertz CT molecular complexity index is 1400. The SMILES string of the molecule is COC(=O)[C@@H]1C[C@H](c2ccc(OC(F)F)c(OCC3CC3)c2)CN1c1cccc(C(=O)N(C)c2ccc(C)cc2)n1.Cl. The molecule has 0 unspecified atom stereocenters. The Kier molecular flexibility index (Phi) is 9.88. The first-order valence-corrected chi connectivity index (χ1v) is 13.6. The van der Waals surface area contributed by atoms with E-state index < -0.39 is 18.6 Å². The number of nitrogens with zero attached hydrogens (tertiary/aromatic N) is 3. The fourth-order valence-corrected chi connectivity index (χ4v) is 5.03. The summed E-state index contributed by atoms with van der Waals surface area (Å²) >= 11 is 0. The molecule has 1 aliphatic heterocycles. The number of carbonyl (C=O) groups is 2. The molecule has 2 aromatic carbocycles. The average Bonchev–Trinajstić information content (AvgIpc) is 3.71. The number of aromatic nitrogens is 1. The largest absolute Gasteiger partial charge is 0.489 e. The summed E-state index contributed by atoms with van der Waals surface area (Å²) in [6, 6.07) is 17.0. The van der Waals surface area contributed by atoms with Crippen LogP contribution in [0.25, 0.3) is 0 Å². The van der Waals surface area contributed by atoms with Gasteiger partial charge in [0.25, 0.3) is 5.91 Å². The molecule has 42 heavy (non-hydrogen) atoms. The van der Waals surface area contributed by atoms with Crippen molar-refractivity contribution in [2.45, 2.75) is 44.8 Å². The lowest BCUT2D eigenvalue weighted by atomic mass is 9.96. The first kappa shape index (κ1) is 31.0. The maximum Gasteiger partial charge on any atom is 0.387 e. The predicted octanol–water partition coefficient (Wildman–Crippen LogP) is 6.01. The smallest absolute Gasteiger partial charge is 0.387 e. The van der Waals surface area contributed by atoms with Crippen LogP contribution in [0.15, 0.2) is 60.7 Å². The number of pyridine rings is 1. The Morgan fingerprint density at radius 3 is 2.48 bits per heavy atom. The number of hydrogen-bond acceptors (Lipinski definition) is 7. The zero-order valence-corrected chi connectivity index (χ0v) is 24.5. The van der Waals surface area contributed by atoms with Crippen LogP contribution in [-0.4, -0.2) is 56.8 Å². The highest BCUT2D eigenvalue weighted by molar-refractivity contribution is 6.04. The van der Waals surface area contributed by atoms with E-state index in [4.69, 9.17) is 9.47 Å². The van der Waals surface area contributed by atoms with Gasteiger partial charge in [0.05, 0.1) is 13.7 Å². The third kappa shape index (κ3) is 7.10. The van der Waals surface area contributed by atoms with Crippen LogP contribution in [-0.2, 0) is 9.53 Å². The minimum absolute atomic E-state index is 0. The van der Waals surface area contributed by atoms with Gasteiger partial charge >= 0.3 is 12.6 Å². The van der Waals surface area contributed by atoms with E-state index in [-0.39, 0.29) is 41.4 Å². The molecule has 0 radical (unpaired) electrons. The second-order valence-corrected chi connectivity index (χ2v) is 10.5. The van der Waals surface area contributed by atoms with Gasteiger partial charge in [-0.1, -0.05) is 29.8 Å². The minimum Gasteiger partial charge on any atom is -0.489 e. The minimum atomic E-state index is -2.97. The van der Waals surface area contributed by atoms with Crippen molar-refractivity contribution in [3.05, 3.63) is 77.5 Å². The lowest BCUT2D eigenvalue weighted by molar-refractivity contribution is -0.142. The second-order valence-electron chi connectivity index (χ2n) is 10.5. The van der Waals surface area contributed by atoms with Gasteiger partial charge in [0.15, 0.2) is 11.5 Å². The van der Waals surface area contributed by atoms with E-state index >= 15 is 0 Å². The van der Waals surface area contributed by atoms with Crippen molar-refractivity contribution < 1.29 is 32.6 Å². The summed E-state index contributed by atoms with van der Waals surface area (Å²) in [6.07, 6.45) is 2.52. The molecule has 2 aliphatic rings. The summed E-state index contributed by atoms with van der Waals surface area (Å²) in [5, 5.41) is 0. The van der Waals surface area contributed by atoms with Gasteiger partial charge < -0.3 is 24.0 Å². The van der Waals surface area contributed by atoms with Gasteiger partial charge in [0.1, 0.15) is 17.6 Å². The van der Waals surface area contributed by atoms with Crippen LogP contribution in [0.2, 0.25) is 0 Å². The molecule has 5 rings (SSSR count). The van der Waals surface area contributed by atoms with Crippen LogP contribution in [0, 0.1) is 12.8 Å². The quantitative estimate of drug-likeness (QED) is 0.263. The molecule has 11 heteroatoms. The lowest BCUT2D eigenvalue weighted by Crippen LogP contribution is -2.37. The Balaban J connectivity index is 0.00000405. The van der Waals surface area contributed by atoms with Crippen molar-refractivity contribution in [2.75, 3.05) is 37.1 Å². The van der Waals surface area contributed by atoms with E-state index in [0.29, 0.717) is 31.3 Å². The number of amides is 1. The summed E-state index contributed by atoms with van der Waals surface area (Å²) in [7, 11) is 3.02. The van der Waals surface area contributed by atoms with Gasteiger partial charge in [0, 0.05) is 25.2 Å². The van der Waals surface area contributed by atoms with Crippen molar-refractivity contribution in [3.8, 4) is 11.5 Å². The number of esters is 1. The number of carbonyl (C=O) groups excluding carboxylic acids is 2. The molecule has 1 saturated heterocycles. The first-order valence-electron chi connectivity index (χ1n) is 13.6. The van der Waals surface area contributed by atoms with Crippen LogP contribution in [0.1, 0.15) is 46.8 Å². The van der Waals surface area contributed by atoms with Gasteiger partial charge in [-0.15, -0.1) is 12.4 Å². The molecule has 3 aromatic rings. The molecule has 1 saturated carbocycles. The normalized spacial score (nSPS) is 17.9. The van der Waals surface area contributed by atoms with Crippen molar-refractivity contribution in [1.29, 1.82) is 0 Å². The van der Waals surface area contributed by atoms with Gasteiger partial charge in [0.2, 0.25) is 0 Å². The Morgan fingerprint density at radius 2 is 1.81 bits per heavy atom. The summed E-state index contributed by atoms with van der Waals surface area (Å²) in [5.74, 6) is 0.268. The van der Waals surface area contributed by atoms with E-state index in [1.54, 1.807) is 37.4 Å². The fourth-order valence-electron chi connectivity index (χ4n) is 5.03. The highest BCUT2D eigenvalue weighted by Gasteiger charge is 2.39. The van der Waals surface area contributed by atoms with Gasteiger partial charge in [-0.05, 0) is 74.1 Å². The maximum atomic E-state index is 13.3. The third-order valence-electron chi connectivity index (χ3n) is 7.57. The van der Waals surface area contributed by atoms with Crippen LogP contribution < -0.4 is 19.3 Å². The topological polar surface area (TPSA) is 81.2 Å². The fraction of sp³-hybridized carbons (Fsp3) is 0.387. The monoisotopic (exact) mass is 601 g/mol. The standard InChI is InChI=1S/C31H33F2N3O5.ClH/c1-19-7-12-23(13-8-19)35(2)29(37)24-5-4-6-28(34-24)36-17-22(15-25(36)30(38)39-3)21-11-14-26(41-31(32)33)27(16-21)40-18-20-9-10-20;/h4-8,11-14,16,20,22,25,31H,9-10,15,17-18H2,1-3H3;1H/t22-,25-;/m0./s1. The van der Waals surface area contributed by atoms with Crippen LogP contribution in [0.5, 0.6) is 11.5 Å². The Morgan fingerprint density at radius 1 is 1.07 bits per heavy atom. The van der Waals surface area contributed by atoms with Gasteiger partial charge in [-0.25, -0.2) is 9.78 Å². The molecule has 0 bridgehead atoms. The number of benzene rings is 2. The number of aryl methyl sites for hydroxylation is 1. The van der Waals surface area contributed by atoms with Crippen LogP contribution in [0.4, 0.5) is 20.3 Å². The number of halogens is 3. The first-order chi connectivity index (χ1) is 19.7. The number of alkyl halides is 2. The van der Waals surface area contributed by atoms with Crippen molar-refractivity contribution in [1.82, 2.24) is 4.98 Å². The highest BCUT2D eigenvalue weighted by Crippen LogP contribution is 2.40. The molecule has 0 spiro atoms. The Labute approximate surface area is 250 Å². The molecule has 2 atom stereocenters. The van der Waals surface area contributed by atoms with Crippen molar-refractivity contribution >= 4 is 35.8 Å². The van der Waals surface area contributed by atoms with Gasteiger partial charge in [-0.3, -0.25) is 4.79 Å². The third-order valence-corrected chi connectivity index (χ3v) is 7.57. The molecule has 1 aliphatic carbocycles. The summed E-state index contributed by atoms with van der Waals surface area (Å²) in [4.78, 5) is 34.1. The van der Waals surface area contributed by atoms with E-state index in [2.05, 4.69) is 9.72 Å². The summed E-state index contributed by atoms with van der Waals surface area (Å²) in [6.45, 7) is -0.159. The van der Waals surface area contributed by atoms with E-state index in [1.807, 2.05) is 36.1 Å². The zero-order chi connectivity index (χ0) is 29.1. The second kappa shape index (κ2) is 13.4. The molecular formula is C31H34ClF2N3O5. The van der Waals surface area contributed by atoms with Crippen LogP contribution in [0.3, 0.4) is 0 Å². The zero-order valence-electron chi connectivity index (χ0n) is 23.7. The van der Waals surface area contributed by atoms with Gasteiger partial charge in [-0.2, -0.15) is 8.78 Å². The number of ether oxygens (including phenoxy) is 3. The van der Waals surface area contributed by atoms with E-state index in [1.165, 1.54) is 18.1 Å². The van der Waals surface area contributed by atoms with Crippen LogP contribution >= 0.6 is 12.4 Å². The number of rotatable bonds is 10. The summed E-state index contributed by atoms with van der Waals surface area (Å²) in [5.41, 5.74) is 2.88. The summed E-state index contributed by atoms with van der Waals surface area (Å²) < 4.78 is 41.7. The molecule has 1 amide bonds. The molecule has 224 valence electrons. The van der Waals surface area contributed by atoms with Crippen molar-refractivity contribution in [2.24, 2.45) is 5.92 Å². The molecule has 2 heterocycles. The number of hydrogen-bond donors (Lipinski definition) is 0. The number of methoxy groups -OCH3 is 1. The Hall–Kier alpha value is -3.92. The van der Waals surface area contributed by atoms with Crippen molar-refractivity contribution in [3.63, 3.8) is 0 Å².